The first-order valence-corrected chi connectivity index (χ1v) is 13.9. The molecule has 12 heteroatoms. The van der Waals surface area contributed by atoms with Gasteiger partial charge in [-0.3, -0.25) is 9.89 Å². The van der Waals surface area contributed by atoms with Gasteiger partial charge in [0.15, 0.2) is 0 Å². The van der Waals surface area contributed by atoms with E-state index in [2.05, 4.69) is 27.1 Å². The van der Waals surface area contributed by atoms with Crippen LogP contribution in [0.2, 0.25) is 0 Å². The Balaban J connectivity index is 1.78. The van der Waals surface area contributed by atoms with E-state index < -0.39 is 17.7 Å². The van der Waals surface area contributed by atoms with Gasteiger partial charge in [-0.05, 0) is 42.6 Å². The van der Waals surface area contributed by atoms with Gasteiger partial charge in [-0.15, -0.1) is 11.3 Å². The van der Waals surface area contributed by atoms with Crippen molar-refractivity contribution in [3.63, 3.8) is 0 Å². The van der Waals surface area contributed by atoms with Crippen molar-refractivity contribution in [2.24, 2.45) is 0 Å². The summed E-state index contributed by atoms with van der Waals surface area (Å²) in [5, 5.41) is 22.1. The minimum absolute atomic E-state index is 0.00927. The van der Waals surface area contributed by atoms with Gasteiger partial charge in [-0.1, -0.05) is 6.58 Å². The maximum atomic E-state index is 15.7. The summed E-state index contributed by atoms with van der Waals surface area (Å²) in [6, 6.07) is 8.80. The molecule has 0 aliphatic carbocycles. The van der Waals surface area contributed by atoms with Crippen molar-refractivity contribution in [1.82, 2.24) is 25.5 Å². The molecule has 0 unspecified atom stereocenters. The predicted octanol–water partition coefficient (Wildman–Crippen LogP) is 5.49. The first-order valence-electron chi connectivity index (χ1n) is 13.0. The number of fused-ring (bicyclic) bond motifs is 1. The second-order valence-electron chi connectivity index (χ2n) is 9.62. The quantitative estimate of drug-likeness (QED) is 0.184. The first-order chi connectivity index (χ1) is 20.2. The third-order valence-electron chi connectivity index (χ3n) is 6.56. The fraction of sp³-hybridized carbons (Fsp3) is 0.200. The number of pyridine rings is 2. The summed E-state index contributed by atoms with van der Waals surface area (Å²) >= 11 is 1.36. The third kappa shape index (κ3) is 5.58. The summed E-state index contributed by atoms with van der Waals surface area (Å²) in [5.74, 6) is -1.34. The molecule has 1 amide bonds. The van der Waals surface area contributed by atoms with Gasteiger partial charge in [-0.25, -0.2) is 18.7 Å². The molecule has 9 nitrogen and oxygen atoms in total. The van der Waals surface area contributed by atoms with Crippen LogP contribution in [0.4, 0.5) is 14.6 Å². The summed E-state index contributed by atoms with van der Waals surface area (Å²) in [7, 11) is 3.79. The number of H-pyrrole nitrogens is 1. The number of anilines is 1. The number of aliphatic hydroxyl groups excluding tert-OH is 1. The number of rotatable bonds is 10. The SMILES string of the molecule is C=CC(=O)N[C@@H](C)c1cc(-c2nc(-c3ccc(N(C)C)nc3)c3ccsc3c2-c2c(F)cc(F)cc2OCCO)n[nH]1. The van der Waals surface area contributed by atoms with E-state index in [1.807, 2.05) is 42.6 Å². The van der Waals surface area contributed by atoms with E-state index in [4.69, 9.17) is 9.72 Å². The lowest BCUT2D eigenvalue weighted by atomic mass is 9.96. The topological polar surface area (TPSA) is 116 Å². The number of carbonyl (C=O) groups is 1. The molecular weight excluding hydrogens is 562 g/mol. The Hall–Kier alpha value is -4.68. The van der Waals surface area contributed by atoms with Crippen LogP contribution in [0.15, 0.2) is 60.6 Å². The molecule has 42 heavy (non-hydrogen) atoms. The van der Waals surface area contributed by atoms with Crippen LogP contribution >= 0.6 is 11.3 Å². The normalized spacial score (nSPS) is 11.9. The number of amides is 1. The molecule has 0 bridgehead atoms. The molecule has 0 saturated carbocycles. The maximum absolute atomic E-state index is 15.7. The Kier molecular flexibility index (Phi) is 8.27. The van der Waals surface area contributed by atoms with Crippen LogP contribution in [0.3, 0.4) is 0 Å². The smallest absolute Gasteiger partial charge is 0.243 e. The highest BCUT2D eigenvalue weighted by Gasteiger charge is 2.27. The summed E-state index contributed by atoms with van der Waals surface area (Å²) < 4.78 is 36.4. The van der Waals surface area contributed by atoms with Gasteiger partial charge >= 0.3 is 0 Å². The van der Waals surface area contributed by atoms with Crippen LogP contribution in [0, 0.1) is 11.6 Å². The van der Waals surface area contributed by atoms with Gasteiger partial charge < -0.3 is 20.1 Å². The number of halogens is 2. The number of thiophene rings is 1. The fourth-order valence-electron chi connectivity index (χ4n) is 4.54. The van der Waals surface area contributed by atoms with Crippen LogP contribution in [-0.2, 0) is 4.79 Å². The zero-order valence-corrected chi connectivity index (χ0v) is 23.9. The molecule has 0 spiro atoms. The highest BCUT2D eigenvalue weighted by atomic mass is 32.1. The van der Waals surface area contributed by atoms with E-state index in [0.717, 1.165) is 28.9 Å². The lowest BCUT2D eigenvalue weighted by molar-refractivity contribution is -0.117. The Morgan fingerprint density at radius 3 is 2.71 bits per heavy atom. The van der Waals surface area contributed by atoms with Crippen molar-refractivity contribution in [3.05, 3.63) is 78.0 Å². The molecule has 0 saturated heterocycles. The molecule has 0 aliphatic rings. The molecule has 0 aliphatic heterocycles. The van der Waals surface area contributed by atoms with E-state index in [1.54, 1.807) is 19.2 Å². The van der Waals surface area contributed by atoms with Crippen molar-refractivity contribution in [2.45, 2.75) is 13.0 Å². The summed E-state index contributed by atoms with van der Waals surface area (Å²) in [5.41, 5.74) is 2.93. The molecule has 4 aromatic heterocycles. The average molecular weight is 591 g/mol. The van der Waals surface area contributed by atoms with Gasteiger partial charge in [0, 0.05) is 53.6 Å². The number of hydrogen-bond donors (Lipinski definition) is 3. The monoisotopic (exact) mass is 590 g/mol. The van der Waals surface area contributed by atoms with Gasteiger partial charge in [0.1, 0.15) is 41.2 Å². The van der Waals surface area contributed by atoms with E-state index >= 15 is 4.39 Å². The molecule has 0 fully saturated rings. The molecule has 4 heterocycles. The van der Waals surface area contributed by atoms with Gasteiger partial charge in [-0.2, -0.15) is 5.10 Å². The van der Waals surface area contributed by atoms with Crippen LogP contribution < -0.4 is 15.0 Å². The largest absolute Gasteiger partial charge is 0.490 e. The van der Waals surface area contributed by atoms with Crippen molar-refractivity contribution in [2.75, 3.05) is 32.2 Å². The summed E-state index contributed by atoms with van der Waals surface area (Å²) in [6.07, 6.45) is 2.89. The van der Waals surface area contributed by atoms with Crippen LogP contribution in [0.1, 0.15) is 18.7 Å². The number of ether oxygens (including phenoxy) is 1. The second kappa shape index (κ2) is 12.0. The van der Waals surface area contributed by atoms with Crippen molar-refractivity contribution < 1.29 is 23.4 Å². The second-order valence-corrected chi connectivity index (χ2v) is 10.5. The van der Waals surface area contributed by atoms with Crippen LogP contribution in [0.5, 0.6) is 5.75 Å². The number of hydrogen-bond acceptors (Lipinski definition) is 8. The van der Waals surface area contributed by atoms with Crippen molar-refractivity contribution in [3.8, 4) is 39.5 Å². The van der Waals surface area contributed by atoms with Crippen molar-refractivity contribution in [1.29, 1.82) is 0 Å². The highest BCUT2D eigenvalue weighted by Crippen LogP contribution is 2.47. The van der Waals surface area contributed by atoms with Gasteiger partial charge in [0.05, 0.1) is 29.6 Å². The van der Waals surface area contributed by atoms with E-state index in [9.17, 15) is 14.3 Å². The Morgan fingerprint density at radius 1 is 1.21 bits per heavy atom. The summed E-state index contributed by atoms with van der Waals surface area (Å²) in [6.45, 7) is 4.75. The van der Waals surface area contributed by atoms with Crippen LogP contribution in [0.25, 0.3) is 43.9 Å². The average Bonchev–Trinajstić information content (AvgIpc) is 3.66. The standard InChI is InChI=1S/C30H28F2N6O3S/c1-5-25(40)34-16(2)21-14-22(37-36-21)29-27(26-20(32)12-18(31)13-23(26)41-10-9-39)30-19(8-11-42-30)28(35-29)17-6-7-24(33-15-17)38(3)4/h5-8,11-16,39H,1,9-10H2,2-4H3,(H,34,40)(H,36,37)/t16-/m0/s1. The molecule has 0 radical (unpaired) electrons. The molecule has 1 aromatic carbocycles. The van der Waals surface area contributed by atoms with Gasteiger partial charge in [0.2, 0.25) is 5.91 Å². The molecular formula is C30H28F2N6O3S. The molecule has 5 aromatic rings. The van der Waals surface area contributed by atoms with Crippen molar-refractivity contribution >= 4 is 33.1 Å². The Bertz CT molecular complexity index is 1770. The van der Waals surface area contributed by atoms with E-state index in [1.165, 1.54) is 17.4 Å². The lowest BCUT2D eigenvalue weighted by Gasteiger charge is -2.17. The number of aromatic nitrogens is 4. The predicted molar refractivity (Wildman–Crippen MR) is 159 cm³/mol. The summed E-state index contributed by atoms with van der Waals surface area (Å²) in [4.78, 5) is 23.3. The number of benzene rings is 1. The Morgan fingerprint density at radius 2 is 2.02 bits per heavy atom. The lowest BCUT2D eigenvalue weighted by Crippen LogP contribution is -2.24. The minimum atomic E-state index is -0.854. The van der Waals surface area contributed by atoms with E-state index in [0.29, 0.717) is 33.0 Å². The fourth-order valence-corrected chi connectivity index (χ4v) is 5.49. The third-order valence-corrected chi connectivity index (χ3v) is 7.49. The Labute approximate surface area is 244 Å². The number of nitrogens with one attached hydrogen (secondary N) is 2. The maximum Gasteiger partial charge on any atom is 0.243 e. The first kappa shape index (κ1) is 28.8. The number of aliphatic hydroxyl groups is 1. The highest BCUT2D eigenvalue weighted by molar-refractivity contribution is 7.18. The van der Waals surface area contributed by atoms with E-state index in [-0.39, 0.29) is 30.4 Å². The zero-order chi connectivity index (χ0) is 30.0. The molecule has 5 rings (SSSR count). The minimum Gasteiger partial charge on any atom is -0.490 e. The molecule has 1 atom stereocenters. The number of nitrogens with zero attached hydrogens (tertiary/aromatic N) is 4. The number of aromatic amines is 1. The molecule has 216 valence electrons. The van der Waals surface area contributed by atoms with Crippen LogP contribution in [-0.4, -0.2) is 58.5 Å². The van der Waals surface area contributed by atoms with Gasteiger partial charge in [0.25, 0.3) is 0 Å². The zero-order valence-electron chi connectivity index (χ0n) is 23.1. The molecule has 3 N–H and O–H groups in total. The number of carbonyl (C=O) groups excluding carboxylic acids is 1.